The summed E-state index contributed by atoms with van der Waals surface area (Å²) in [5.74, 6) is 1.42. The van der Waals surface area contributed by atoms with E-state index >= 15 is 0 Å². The summed E-state index contributed by atoms with van der Waals surface area (Å²) in [5, 5.41) is 1.05. The molecule has 5 nitrogen and oxygen atoms in total. The number of aryl methyl sites for hydroxylation is 1. The Morgan fingerprint density at radius 3 is 2.79 bits per heavy atom. The summed E-state index contributed by atoms with van der Waals surface area (Å²) in [6, 6.07) is 8.13. The lowest BCUT2D eigenvalue weighted by Crippen LogP contribution is -2.33. The maximum Gasteiger partial charge on any atom is 0.214 e. The second-order valence-corrected chi connectivity index (χ2v) is 9.17. The number of benzene rings is 1. The quantitative estimate of drug-likeness (QED) is 0.872. The van der Waals surface area contributed by atoms with Gasteiger partial charge >= 0.3 is 0 Å². The van der Waals surface area contributed by atoms with E-state index in [9.17, 15) is 8.42 Å². The first-order valence-electron chi connectivity index (χ1n) is 8.71. The van der Waals surface area contributed by atoms with Crippen LogP contribution in [0.15, 0.2) is 28.7 Å². The van der Waals surface area contributed by atoms with Crippen LogP contribution in [0.3, 0.4) is 0 Å². The number of fused-ring (bicyclic) bond motifs is 1. The summed E-state index contributed by atoms with van der Waals surface area (Å²) in [6.07, 6.45) is 2.67. The first kappa shape index (κ1) is 16.1. The van der Waals surface area contributed by atoms with Gasteiger partial charge in [0.1, 0.15) is 11.3 Å². The molecule has 1 saturated heterocycles. The molecule has 24 heavy (non-hydrogen) atoms. The maximum atomic E-state index is 11.9. The van der Waals surface area contributed by atoms with E-state index in [-0.39, 0.29) is 5.25 Å². The zero-order valence-corrected chi connectivity index (χ0v) is 14.8. The summed E-state index contributed by atoms with van der Waals surface area (Å²) in [6.45, 7) is 5.38. The van der Waals surface area contributed by atoms with Gasteiger partial charge < -0.3 is 4.42 Å². The van der Waals surface area contributed by atoms with Gasteiger partial charge in [-0.25, -0.2) is 13.1 Å². The molecule has 1 aliphatic carbocycles. The van der Waals surface area contributed by atoms with Crippen molar-refractivity contribution in [3.63, 3.8) is 0 Å². The lowest BCUT2D eigenvalue weighted by molar-refractivity contribution is 0.289. The monoisotopic (exact) mass is 348 g/mol. The number of hydrogen-bond donors (Lipinski definition) is 1. The number of nitrogens with zero attached hydrogens (tertiary/aromatic N) is 1. The van der Waals surface area contributed by atoms with E-state index in [0.717, 1.165) is 50.2 Å². The Labute approximate surface area is 143 Å². The van der Waals surface area contributed by atoms with Crippen LogP contribution in [0, 0.1) is 12.8 Å². The fourth-order valence-electron chi connectivity index (χ4n) is 3.53. The van der Waals surface area contributed by atoms with E-state index in [1.807, 2.05) is 18.2 Å². The van der Waals surface area contributed by atoms with Crippen LogP contribution in [-0.4, -0.2) is 38.2 Å². The average molecular weight is 348 g/mol. The van der Waals surface area contributed by atoms with E-state index in [4.69, 9.17) is 4.42 Å². The van der Waals surface area contributed by atoms with Crippen molar-refractivity contribution in [1.82, 2.24) is 9.62 Å². The Hall–Kier alpha value is -1.37. The lowest BCUT2D eigenvalue weighted by Gasteiger charge is -2.15. The molecule has 2 heterocycles. The molecule has 4 rings (SSSR count). The molecule has 1 aromatic heterocycles. The van der Waals surface area contributed by atoms with Gasteiger partial charge in [-0.3, -0.25) is 4.90 Å². The van der Waals surface area contributed by atoms with Gasteiger partial charge in [-0.05, 0) is 50.3 Å². The topological polar surface area (TPSA) is 62.6 Å². The van der Waals surface area contributed by atoms with Crippen molar-refractivity contribution in [2.24, 2.45) is 5.92 Å². The average Bonchev–Trinajstić information content (AvgIpc) is 3.27. The second-order valence-electron chi connectivity index (χ2n) is 7.13. The highest BCUT2D eigenvalue weighted by atomic mass is 32.2. The molecule has 1 N–H and O–H groups in total. The van der Waals surface area contributed by atoms with Gasteiger partial charge in [-0.1, -0.05) is 18.2 Å². The summed E-state index contributed by atoms with van der Waals surface area (Å²) >= 11 is 0. The van der Waals surface area contributed by atoms with Crippen molar-refractivity contribution in [2.75, 3.05) is 19.6 Å². The Kier molecular flexibility index (Phi) is 4.14. The molecule has 1 atom stereocenters. The Bertz CT molecular complexity index is 839. The normalized spacial score (nSPS) is 22.5. The van der Waals surface area contributed by atoms with Crippen LogP contribution in [0.4, 0.5) is 0 Å². The molecule has 0 amide bonds. The van der Waals surface area contributed by atoms with Crippen molar-refractivity contribution < 1.29 is 12.8 Å². The van der Waals surface area contributed by atoms with E-state index in [2.05, 4.69) is 22.6 Å². The molecule has 1 aliphatic heterocycles. The first-order valence-corrected chi connectivity index (χ1v) is 10.3. The minimum Gasteiger partial charge on any atom is -0.459 e. The number of para-hydroxylation sites is 1. The number of rotatable bonds is 6. The standard InChI is InChI=1S/C18H24N2O3S/c1-13-16-4-2-3-5-17(16)23-18(13)12-20-9-8-14(11-20)10-19-24(21,22)15-6-7-15/h2-5,14-15,19H,6-12H2,1H3. The van der Waals surface area contributed by atoms with Crippen LogP contribution < -0.4 is 4.72 Å². The third-order valence-electron chi connectivity index (χ3n) is 5.22. The molecular formula is C18H24N2O3S. The van der Waals surface area contributed by atoms with Crippen LogP contribution in [0.1, 0.15) is 30.6 Å². The van der Waals surface area contributed by atoms with Crippen molar-refractivity contribution in [2.45, 2.75) is 38.0 Å². The van der Waals surface area contributed by atoms with Gasteiger partial charge in [0.05, 0.1) is 11.8 Å². The highest BCUT2D eigenvalue weighted by Gasteiger charge is 2.36. The molecular weight excluding hydrogens is 324 g/mol. The molecule has 2 fully saturated rings. The van der Waals surface area contributed by atoms with Crippen molar-refractivity contribution in [1.29, 1.82) is 0 Å². The van der Waals surface area contributed by atoms with Crippen molar-refractivity contribution in [3.05, 3.63) is 35.6 Å². The number of furan rings is 1. The molecule has 1 unspecified atom stereocenters. The van der Waals surface area contributed by atoms with E-state index in [1.54, 1.807) is 0 Å². The smallest absolute Gasteiger partial charge is 0.214 e. The molecule has 2 aromatic rings. The third kappa shape index (κ3) is 3.23. The molecule has 0 radical (unpaired) electrons. The fraction of sp³-hybridized carbons (Fsp3) is 0.556. The second kappa shape index (κ2) is 6.17. The zero-order chi connectivity index (χ0) is 16.7. The van der Waals surface area contributed by atoms with Crippen LogP contribution in [0.5, 0.6) is 0 Å². The number of sulfonamides is 1. The van der Waals surface area contributed by atoms with Crippen LogP contribution in [0.2, 0.25) is 0 Å². The molecule has 1 saturated carbocycles. The highest BCUT2D eigenvalue weighted by Crippen LogP contribution is 2.29. The van der Waals surface area contributed by atoms with Crippen LogP contribution in [0.25, 0.3) is 11.0 Å². The van der Waals surface area contributed by atoms with Gasteiger partial charge in [0.25, 0.3) is 0 Å². The van der Waals surface area contributed by atoms with E-state index < -0.39 is 10.0 Å². The van der Waals surface area contributed by atoms with Crippen LogP contribution in [-0.2, 0) is 16.6 Å². The lowest BCUT2D eigenvalue weighted by atomic mass is 10.1. The van der Waals surface area contributed by atoms with Gasteiger partial charge in [0.2, 0.25) is 10.0 Å². The molecule has 0 spiro atoms. The molecule has 0 bridgehead atoms. The van der Waals surface area contributed by atoms with Gasteiger partial charge in [-0.2, -0.15) is 0 Å². The largest absolute Gasteiger partial charge is 0.459 e. The third-order valence-corrected chi connectivity index (χ3v) is 7.13. The number of hydrogen-bond acceptors (Lipinski definition) is 4. The Morgan fingerprint density at radius 2 is 2.04 bits per heavy atom. The summed E-state index contributed by atoms with van der Waals surface area (Å²) < 4.78 is 32.7. The molecule has 1 aromatic carbocycles. The van der Waals surface area contributed by atoms with Gasteiger partial charge in [-0.15, -0.1) is 0 Å². The predicted molar refractivity (Wildman–Crippen MR) is 94.3 cm³/mol. The number of nitrogens with one attached hydrogen (secondary N) is 1. The summed E-state index contributed by atoms with van der Waals surface area (Å²) in [4.78, 5) is 2.36. The van der Waals surface area contributed by atoms with Gasteiger partial charge in [0.15, 0.2) is 0 Å². The SMILES string of the molecule is Cc1c(CN2CCC(CNS(=O)(=O)C3CC3)C2)oc2ccccc12. The van der Waals surface area contributed by atoms with Crippen LogP contribution >= 0.6 is 0 Å². The summed E-state index contributed by atoms with van der Waals surface area (Å²) in [7, 11) is -3.06. The molecule has 6 heteroatoms. The van der Waals surface area contributed by atoms with Crippen molar-refractivity contribution >= 4 is 21.0 Å². The first-order chi connectivity index (χ1) is 11.5. The predicted octanol–water partition coefficient (Wildman–Crippen LogP) is 2.64. The Balaban J connectivity index is 1.35. The van der Waals surface area contributed by atoms with E-state index in [0.29, 0.717) is 12.5 Å². The van der Waals surface area contributed by atoms with E-state index in [1.165, 1.54) is 10.9 Å². The van der Waals surface area contributed by atoms with Gasteiger partial charge in [0, 0.05) is 18.5 Å². The fourth-order valence-corrected chi connectivity index (χ4v) is 4.99. The zero-order valence-electron chi connectivity index (χ0n) is 14.0. The minimum absolute atomic E-state index is 0.131. The van der Waals surface area contributed by atoms with Crippen molar-refractivity contribution in [3.8, 4) is 0 Å². The Morgan fingerprint density at radius 1 is 1.25 bits per heavy atom. The molecule has 130 valence electrons. The minimum atomic E-state index is -3.06. The summed E-state index contributed by atoms with van der Waals surface area (Å²) in [5.41, 5.74) is 2.15. The maximum absolute atomic E-state index is 11.9. The highest BCUT2D eigenvalue weighted by molar-refractivity contribution is 7.90. The molecule has 2 aliphatic rings. The number of likely N-dealkylation sites (tertiary alicyclic amines) is 1.